The molecule has 0 radical (unpaired) electrons. The van der Waals surface area contributed by atoms with Gasteiger partial charge in [-0.2, -0.15) is 0 Å². The van der Waals surface area contributed by atoms with Crippen LogP contribution in [0, 0.1) is 0 Å². The fraction of sp³-hybridized carbons (Fsp3) is 0.939. The molecule has 0 aromatic rings. The van der Waals surface area contributed by atoms with Gasteiger partial charge < -0.3 is 9.84 Å². The first-order chi connectivity index (χ1) is 18.2. The second-order valence-electron chi connectivity index (χ2n) is 11.3. The summed E-state index contributed by atoms with van der Waals surface area (Å²) >= 11 is 0. The van der Waals surface area contributed by atoms with E-state index in [0.717, 1.165) is 25.7 Å². The standard InChI is InChI=1S/C33H64O4/c1-2-3-4-5-6-7-8-15-18-21-24-27-30-33(36)37-31-28-25-22-19-16-13-11-9-10-12-14-17-20-23-26-29-32(34)35/h2-31H2,1H3,(H,34,35). The van der Waals surface area contributed by atoms with Gasteiger partial charge in [-0.1, -0.05) is 161 Å². The molecule has 37 heavy (non-hydrogen) atoms. The summed E-state index contributed by atoms with van der Waals surface area (Å²) in [5, 5.41) is 8.61. The number of hydrogen-bond donors (Lipinski definition) is 1. The Morgan fingerprint density at radius 3 is 1.08 bits per heavy atom. The van der Waals surface area contributed by atoms with Gasteiger partial charge in [0, 0.05) is 12.8 Å². The molecule has 0 unspecified atom stereocenters. The molecule has 1 N–H and O–H groups in total. The van der Waals surface area contributed by atoms with Gasteiger partial charge in [-0.3, -0.25) is 9.59 Å². The first kappa shape index (κ1) is 35.9. The van der Waals surface area contributed by atoms with E-state index >= 15 is 0 Å². The van der Waals surface area contributed by atoms with Crippen molar-refractivity contribution in [2.45, 2.75) is 193 Å². The third-order valence-corrected chi connectivity index (χ3v) is 7.53. The molecule has 4 heteroatoms. The molecule has 0 saturated carbocycles. The summed E-state index contributed by atoms with van der Waals surface area (Å²) in [4.78, 5) is 22.3. The van der Waals surface area contributed by atoms with E-state index in [-0.39, 0.29) is 5.97 Å². The number of unbranched alkanes of at least 4 members (excludes halogenated alkanes) is 25. The molecule has 0 aliphatic heterocycles. The first-order valence-electron chi connectivity index (χ1n) is 16.5. The van der Waals surface area contributed by atoms with Crippen LogP contribution in [0.5, 0.6) is 0 Å². The Morgan fingerprint density at radius 1 is 0.432 bits per heavy atom. The minimum atomic E-state index is -0.666. The molecule has 0 heterocycles. The number of carbonyl (C=O) groups is 2. The lowest BCUT2D eigenvalue weighted by atomic mass is 10.0. The van der Waals surface area contributed by atoms with Crippen molar-refractivity contribution >= 4 is 11.9 Å². The van der Waals surface area contributed by atoms with Crippen LogP contribution in [0.4, 0.5) is 0 Å². The van der Waals surface area contributed by atoms with Crippen molar-refractivity contribution in [3.05, 3.63) is 0 Å². The topological polar surface area (TPSA) is 63.6 Å². The van der Waals surface area contributed by atoms with Crippen molar-refractivity contribution in [1.82, 2.24) is 0 Å². The fourth-order valence-corrected chi connectivity index (χ4v) is 5.04. The molecular formula is C33H64O4. The summed E-state index contributed by atoms with van der Waals surface area (Å²) in [7, 11) is 0. The zero-order chi connectivity index (χ0) is 27.1. The maximum absolute atomic E-state index is 11.9. The molecule has 0 spiro atoms. The van der Waals surface area contributed by atoms with Gasteiger partial charge in [0.1, 0.15) is 0 Å². The normalized spacial score (nSPS) is 11.2. The minimum Gasteiger partial charge on any atom is -0.481 e. The summed E-state index contributed by atoms with van der Waals surface area (Å²) in [6, 6.07) is 0. The van der Waals surface area contributed by atoms with Crippen molar-refractivity contribution in [2.75, 3.05) is 6.61 Å². The van der Waals surface area contributed by atoms with Gasteiger partial charge in [0.05, 0.1) is 6.61 Å². The van der Waals surface area contributed by atoms with E-state index in [0.29, 0.717) is 19.4 Å². The highest BCUT2D eigenvalue weighted by atomic mass is 16.5. The Bertz CT molecular complexity index is 477. The highest BCUT2D eigenvalue weighted by Gasteiger charge is 2.03. The summed E-state index contributed by atoms with van der Waals surface area (Å²) in [6.45, 7) is 2.88. The van der Waals surface area contributed by atoms with E-state index < -0.39 is 5.97 Å². The van der Waals surface area contributed by atoms with E-state index in [1.807, 2.05) is 0 Å². The van der Waals surface area contributed by atoms with Crippen molar-refractivity contribution in [3.8, 4) is 0 Å². The van der Waals surface area contributed by atoms with Gasteiger partial charge in [0.2, 0.25) is 0 Å². The number of aliphatic carboxylic acids is 1. The zero-order valence-corrected chi connectivity index (χ0v) is 24.9. The first-order valence-corrected chi connectivity index (χ1v) is 16.5. The Morgan fingerprint density at radius 2 is 0.730 bits per heavy atom. The number of carbonyl (C=O) groups excluding carboxylic acids is 1. The maximum Gasteiger partial charge on any atom is 0.305 e. The number of carboxylic acids is 1. The van der Waals surface area contributed by atoms with Crippen LogP contribution < -0.4 is 0 Å². The molecule has 0 rings (SSSR count). The molecule has 0 saturated heterocycles. The fourth-order valence-electron chi connectivity index (χ4n) is 5.04. The summed E-state index contributed by atoms with van der Waals surface area (Å²) in [5.41, 5.74) is 0. The second kappa shape index (κ2) is 31.2. The van der Waals surface area contributed by atoms with E-state index in [9.17, 15) is 9.59 Å². The van der Waals surface area contributed by atoms with Gasteiger partial charge in [0.15, 0.2) is 0 Å². The maximum atomic E-state index is 11.9. The van der Waals surface area contributed by atoms with Crippen molar-refractivity contribution in [3.63, 3.8) is 0 Å². The average molecular weight is 525 g/mol. The third-order valence-electron chi connectivity index (χ3n) is 7.53. The number of carboxylic acid groups (broad SMARTS) is 1. The van der Waals surface area contributed by atoms with Crippen LogP contribution >= 0.6 is 0 Å². The quantitative estimate of drug-likeness (QED) is 0.0723. The SMILES string of the molecule is CCCCCCCCCCCCCCC(=O)OCCCCCCCCCCCCCCCCCC(=O)O. The molecule has 0 bridgehead atoms. The predicted octanol–water partition coefficient (Wildman–Crippen LogP) is 10.9. The Kier molecular flexibility index (Phi) is 30.3. The highest BCUT2D eigenvalue weighted by Crippen LogP contribution is 2.15. The Labute approximate surface area is 231 Å². The van der Waals surface area contributed by atoms with E-state index in [2.05, 4.69) is 6.92 Å². The lowest BCUT2D eigenvalue weighted by molar-refractivity contribution is -0.144. The summed E-state index contributed by atoms with van der Waals surface area (Å²) < 4.78 is 5.41. The van der Waals surface area contributed by atoms with Crippen LogP contribution in [-0.2, 0) is 14.3 Å². The van der Waals surface area contributed by atoms with Gasteiger partial charge in [-0.15, -0.1) is 0 Å². The molecule has 0 aliphatic rings. The summed E-state index contributed by atoms with van der Waals surface area (Å²) in [5.74, 6) is -0.661. The van der Waals surface area contributed by atoms with Crippen LogP contribution in [0.3, 0.4) is 0 Å². The second-order valence-corrected chi connectivity index (χ2v) is 11.3. The lowest BCUT2D eigenvalue weighted by Gasteiger charge is -2.06. The minimum absolute atomic E-state index is 0.00488. The van der Waals surface area contributed by atoms with Crippen molar-refractivity contribution < 1.29 is 19.4 Å². The van der Waals surface area contributed by atoms with Gasteiger partial charge in [0.25, 0.3) is 0 Å². The Hall–Kier alpha value is -1.06. The van der Waals surface area contributed by atoms with Crippen LogP contribution in [-0.4, -0.2) is 23.7 Å². The van der Waals surface area contributed by atoms with Crippen molar-refractivity contribution in [2.24, 2.45) is 0 Å². The molecule has 0 aromatic carbocycles. The number of esters is 1. The molecular weight excluding hydrogens is 460 g/mol. The number of rotatable bonds is 31. The average Bonchev–Trinajstić information content (AvgIpc) is 2.88. The lowest BCUT2D eigenvalue weighted by Crippen LogP contribution is -2.05. The van der Waals surface area contributed by atoms with E-state index in [4.69, 9.17) is 9.84 Å². The third kappa shape index (κ3) is 32.9. The Balaban J connectivity index is 3.15. The van der Waals surface area contributed by atoms with Gasteiger partial charge >= 0.3 is 11.9 Å². The van der Waals surface area contributed by atoms with Gasteiger partial charge in [-0.25, -0.2) is 0 Å². The van der Waals surface area contributed by atoms with Crippen LogP contribution in [0.25, 0.3) is 0 Å². The monoisotopic (exact) mass is 524 g/mol. The molecule has 0 aromatic heterocycles. The van der Waals surface area contributed by atoms with Crippen LogP contribution in [0.2, 0.25) is 0 Å². The number of ether oxygens (including phenoxy) is 1. The smallest absolute Gasteiger partial charge is 0.305 e. The van der Waals surface area contributed by atoms with Crippen LogP contribution in [0.1, 0.15) is 193 Å². The van der Waals surface area contributed by atoms with Crippen molar-refractivity contribution in [1.29, 1.82) is 0 Å². The molecule has 4 nitrogen and oxygen atoms in total. The molecule has 0 amide bonds. The molecule has 220 valence electrons. The van der Waals surface area contributed by atoms with Crippen LogP contribution in [0.15, 0.2) is 0 Å². The molecule has 0 aliphatic carbocycles. The zero-order valence-electron chi connectivity index (χ0n) is 24.9. The predicted molar refractivity (Wildman–Crippen MR) is 158 cm³/mol. The summed E-state index contributed by atoms with van der Waals surface area (Å²) in [6.07, 6.45) is 35.3. The molecule has 0 fully saturated rings. The van der Waals surface area contributed by atoms with E-state index in [1.54, 1.807) is 0 Å². The molecule has 0 atom stereocenters. The number of hydrogen-bond acceptors (Lipinski definition) is 3. The van der Waals surface area contributed by atoms with Gasteiger partial charge in [-0.05, 0) is 19.3 Å². The largest absolute Gasteiger partial charge is 0.481 e. The van der Waals surface area contributed by atoms with E-state index in [1.165, 1.54) is 148 Å². The highest BCUT2D eigenvalue weighted by molar-refractivity contribution is 5.69.